The predicted molar refractivity (Wildman–Crippen MR) is 69.0 cm³/mol. The molecule has 0 aliphatic heterocycles. The maximum Gasteiger partial charge on any atom is 0.264 e. The summed E-state index contributed by atoms with van der Waals surface area (Å²) < 4.78 is 13.8. The van der Waals surface area contributed by atoms with Crippen LogP contribution in [-0.2, 0) is 0 Å². The van der Waals surface area contributed by atoms with Gasteiger partial charge in [0.05, 0.1) is 10.9 Å². The number of thiophene rings is 1. The van der Waals surface area contributed by atoms with Gasteiger partial charge in [0, 0.05) is 11.2 Å². The van der Waals surface area contributed by atoms with Crippen molar-refractivity contribution < 1.29 is 9.18 Å². The van der Waals surface area contributed by atoms with Crippen molar-refractivity contribution in [3.05, 3.63) is 35.0 Å². The van der Waals surface area contributed by atoms with Gasteiger partial charge in [-0.15, -0.1) is 11.3 Å². The van der Waals surface area contributed by atoms with E-state index >= 15 is 0 Å². The van der Waals surface area contributed by atoms with Crippen LogP contribution in [0.3, 0.4) is 0 Å². The molecule has 0 fully saturated rings. The lowest BCUT2D eigenvalue weighted by Gasteiger charge is -2.15. The molecular formula is C13H11FN2OS. The molecule has 2 aromatic rings. The molecule has 1 amide bonds. The summed E-state index contributed by atoms with van der Waals surface area (Å²) in [5, 5.41) is 9.49. The third kappa shape index (κ3) is 2.34. The molecule has 0 atom stereocenters. The molecule has 1 aromatic carbocycles. The molecule has 0 saturated carbocycles. The monoisotopic (exact) mass is 262 g/mol. The van der Waals surface area contributed by atoms with Crippen molar-refractivity contribution in [2.45, 2.75) is 6.92 Å². The van der Waals surface area contributed by atoms with Gasteiger partial charge in [0.15, 0.2) is 0 Å². The maximum absolute atomic E-state index is 13.1. The number of carbonyl (C=O) groups excluding carboxylic acids is 1. The van der Waals surface area contributed by atoms with Crippen molar-refractivity contribution in [1.82, 2.24) is 4.90 Å². The molecule has 0 spiro atoms. The number of nitrogens with zero attached hydrogens (tertiary/aromatic N) is 2. The van der Waals surface area contributed by atoms with Crippen molar-refractivity contribution in [1.29, 1.82) is 5.26 Å². The van der Waals surface area contributed by atoms with Crippen LogP contribution in [0, 0.1) is 17.1 Å². The summed E-state index contributed by atoms with van der Waals surface area (Å²) in [6.45, 7) is 2.37. The van der Waals surface area contributed by atoms with Crippen LogP contribution in [0.4, 0.5) is 4.39 Å². The van der Waals surface area contributed by atoms with Crippen LogP contribution in [-0.4, -0.2) is 23.9 Å². The smallest absolute Gasteiger partial charge is 0.264 e. The molecule has 0 radical (unpaired) electrons. The highest BCUT2D eigenvalue weighted by Gasteiger charge is 2.16. The first kappa shape index (κ1) is 12.5. The van der Waals surface area contributed by atoms with Crippen molar-refractivity contribution in [3.63, 3.8) is 0 Å². The molecule has 2 rings (SSSR count). The normalized spacial score (nSPS) is 10.3. The van der Waals surface area contributed by atoms with Crippen LogP contribution >= 0.6 is 11.3 Å². The zero-order valence-corrected chi connectivity index (χ0v) is 10.6. The van der Waals surface area contributed by atoms with E-state index in [0.717, 1.165) is 10.1 Å². The van der Waals surface area contributed by atoms with Crippen LogP contribution in [0.15, 0.2) is 24.3 Å². The number of nitriles is 1. The lowest BCUT2D eigenvalue weighted by atomic mass is 10.2. The first-order valence-corrected chi connectivity index (χ1v) is 6.32. The minimum atomic E-state index is -0.312. The zero-order valence-electron chi connectivity index (χ0n) is 9.81. The lowest BCUT2D eigenvalue weighted by Crippen LogP contribution is -2.30. The quantitative estimate of drug-likeness (QED) is 0.798. The molecule has 0 saturated heterocycles. The molecule has 1 heterocycles. The lowest BCUT2D eigenvalue weighted by molar-refractivity contribution is 0.0789. The van der Waals surface area contributed by atoms with Crippen molar-refractivity contribution in [2.24, 2.45) is 0 Å². The van der Waals surface area contributed by atoms with Gasteiger partial charge in [-0.3, -0.25) is 4.79 Å². The van der Waals surface area contributed by atoms with Gasteiger partial charge in [0.1, 0.15) is 12.4 Å². The molecule has 92 valence electrons. The minimum Gasteiger partial charge on any atom is -0.325 e. The SMILES string of the molecule is CCN(CC#N)C(=O)c1cc2ccc(F)cc2s1. The van der Waals surface area contributed by atoms with E-state index in [1.807, 2.05) is 13.0 Å². The summed E-state index contributed by atoms with van der Waals surface area (Å²) in [6.07, 6.45) is 0. The number of rotatable bonds is 3. The topological polar surface area (TPSA) is 44.1 Å². The highest BCUT2D eigenvalue weighted by molar-refractivity contribution is 7.20. The summed E-state index contributed by atoms with van der Waals surface area (Å²) >= 11 is 1.25. The van der Waals surface area contributed by atoms with Crippen LogP contribution in [0.2, 0.25) is 0 Å². The highest BCUT2D eigenvalue weighted by atomic mass is 32.1. The number of hydrogen-bond donors (Lipinski definition) is 0. The Hall–Kier alpha value is -1.93. The Bertz CT molecular complexity index is 629. The van der Waals surface area contributed by atoms with E-state index < -0.39 is 0 Å². The summed E-state index contributed by atoms with van der Waals surface area (Å²) in [5.74, 6) is -0.492. The number of amides is 1. The molecule has 18 heavy (non-hydrogen) atoms. The Morgan fingerprint density at radius 1 is 1.50 bits per heavy atom. The molecule has 0 unspecified atom stereocenters. The van der Waals surface area contributed by atoms with E-state index in [1.54, 1.807) is 12.1 Å². The fourth-order valence-corrected chi connectivity index (χ4v) is 2.73. The van der Waals surface area contributed by atoms with E-state index in [1.165, 1.54) is 28.4 Å². The fourth-order valence-electron chi connectivity index (χ4n) is 1.68. The van der Waals surface area contributed by atoms with Crippen LogP contribution < -0.4 is 0 Å². The number of benzene rings is 1. The summed E-state index contributed by atoms with van der Waals surface area (Å²) in [6, 6.07) is 8.14. The van der Waals surface area contributed by atoms with Gasteiger partial charge in [0.25, 0.3) is 5.91 Å². The Morgan fingerprint density at radius 2 is 2.28 bits per heavy atom. The van der Waals surface area contributed by atoms with Gasteiger partial charge in [-0.2, -0.15) is 5.26 Å². The Morgan fingerprint density at radius 3 is 2.94 bits per heavy atom. The summed E-state index contributed by atoms with van der Waals surface area (Å²) in [5.41, 5.74) is 0. The molecule has 5 heteroatoms. The van der Waals surface area contributed by atoms with Gasteiger partial charge in [-0.25, -0.2) is 4.39 Å². The van der Waals surface area contributed by atoms with Gasteiger partial charge < -0.3 is 4.90 Å². The van der Waals surface area contributed by atoms with Gasteiger partial charge in [-0.1, -0.05) is 6.07 Å². The van der Waals surface area contributed by atoms with Crippen LogP contribution in [0.5, 0.6) is 0 Å². The van der Waals surface area contributed by atoms with E-state index in [-0.39, 0.29) is 18.3 Å². The zero-order chi connectivity index (χ0) is 13.1. The number of carbonyl (C=O) groups is 1. The molecule has 3 nitrogen and oxygen atoms in total. The first-order chi connectivity index (χ1) is 8.65. The fraction of sp³-hybridized carbons (Fsp3) is 0.231. The Kier molecular flexibility index (Phi) is 3.58. The third-order valence-electron chi connectivity index (χ3n) is 2.62. The molecule has 0 N–H and O–H groups in total. The van der Waals surface area contributed by atoms with Gasteiger partial charge >= 0.3 is 0 Å². The Labute approximate surface area is 108 Å². The van der Waals surface area contributed by atoms with Crippen molar-refractivity contribution >= 4 is 27.3 Å². The Balaban J connectivity index is 2.36. The van der Waals surface area contributed by atoms with Gasteiger partial charge in [0.2, 0.25) is 0 Å². The second kappa shape index (κ2) is 5.15. The number of fused-ring (bicyclic) bond motifs is 1. The standard InChI is InChI=1S/C13H11FN2OS/c1-2-16(6-5-15)13(17)12-7-9-3-4-10(14)8-11(9)18-12/h3-4,7-8H,2,6H2,1H3. The van der Waals surface area contributed by atoms with E-state index in [2.05, 4.69) is 0 Å². The van der Waals surface area contributed by atoms with Crippen molar-refractivity contribution in [3.8, 4) is 6.07 Å². The van der Waals surface area contributed by atoms with Gasteiger partial charge in [-0.05, 0) is 30.5 Å². The summed E-state index contributed by atoms with van der Waals surface area (Å²) in [4.78, 5) is 14.1. The second-order valence-electron chi connectivity index (χ2n) is 3.77. The summed E-state index contributed by atoms with van der Waals surface area (Å²) in [7, 11) is 0. The second-order valence-corrected chi connectivity index (χ2v) is 4.85. The largest absolute Gasteiger partial charge is 0.325 e. The predicted octanol–water partition coefficient (Wildman–Crippen LogP) is 3.03. The van der Waals surface area contributed by atoms with E-state index in [9.17, 15) is 9.18 Å². The highest BCUT2D eigenvalue weighted by Crippen LogP contribution is 2.27. The van der Waals surface area contributed by atoms with Crippen LogP contribution in [0.25, 0.3) is 10.1 Å². The molecule has 0 aliphatic rings. The average Bonchev–Trinajstić information content (AvgIpc) is 2.77. The number of hydrogen-bond acceptors (Lipinski definition) is 3. The third-order valence-corrected chi connectivity index (χ3v) is 3.71. The van der Waals surface area contributed by atoms with Crippen LogP contribution in [0.1, 0.15) is 16.6 Å². The molecule has 0 bridgehead atoms. The van der Waals surface area contributed by atoms with Crippen molar-refractivity contribution in [2.75, 3.05) is 13.1 Å². The molecular weight excluding hydrogens is 251 g/mol. The maximum atomic E-state index is 13.1. The first-order valence-electron chi connectivity index (χ1n) is 5.51. The number of halogens is 1. The minimum absolute atomic E-state index is 0.0674. The molecule has 0 aliphatic carbocycles. The van der Waals surface area contributed by atoms with E-state index in [4.69, 9.17) is 5.26 Å². The average molecular weight is 262 g/mol. The molecule has 1 aromatic heterocycles. The van der Waals surface area contributed by atoms with E-state index in [0.29, 0.717) is 11.4 Å².